The van der Waals surface area contributed by atoms with E-state index in [0.29, 0.717) is 5.56 Å². The van der Waals surface area contributed by atoms with E-state index in [0.717, 1.165) is 4.47 Å². The van der Waals surface area contributed by atoms with E-state index in [1.165, 1.54) is 5.56 Å². The Bertz CT molecular complexity index is 366. The van der Waals surface area contributed by atoms with E-state index in [9.17, 15) is 4.79 Å². The van der Waals surface area contributed by atoms with Crippen molar-refractivity contribution in [3.8, 4) is 0 Å². The summed E-state index contributed by atoms with van der Waals surface area (Å²) in [5, 5.41) is 0. The van der Waals surface area contributed by atoms with E-state index in [2.05, 4.69) is 36.7 Å². The molecule has 76 valence electrons. The van der Waals surface area contributed by atoms with Gasteiger partial charge in [-0.15, -0.1) is 0 Å². The van der Waals surface area contributed by atoms with Gasteiger partial charge in [-0.25, -0.2) is 0 Å². The fourth-order valence-electron chi connectivity index (χ4n) is 1.18. The zero-order valence-electron chi connectivity index (χ0n) is 8.60. The highest BCUT2D eigenvalue weighted by molar-refractivity contribution is 9.10. The van der Waals surface area contributed by atoms with E-state index in [4.69, 9.17) is 5.73 Å². The molecule has 3 heteroatoms. The van der Waals surface area contributed by atoms with Crippen molar-refractivity contribution in [2.45, 2.75) is 26.2 Å². The molecule has 1 rings (SSSR count). The number of amides is 1. The number of halogens is 1. The standard InChI is InChI=1S/C11H14BrNO/c1-11(2,3)7-4-5-8(10(13)14)9(12)6-7/h4-6H,1-3H3,(H2,13,14). The number of benzene rings is 1. The van der Waals surface area contributed by atoms with Gasteiger partial charge in [-0.1, -0.05) is 26.8 Å². The molecule has 0 heterocycles. The summed E-state index contributed by atoms with van der Waals surface area (Å²) in [7, 11) is 0. The molecule has 0 aliphatic rings. The number of carbonyl (C=O) groups is 1. The lowest BCUT2D eigenvalue weighted by molar-refractivity contribution is 0.0999. The summed E-state index contributed by atoms with van der Waals surface area (Å²) < 4.78 is 0.762. The van der Waals surface area contributed by atoms with Crippen LogP contribution in [0.1, 0.15) is 36.7 Å². The average molecular weight is 256 g/mol. The van der Waals surface area contributed by atoms with Gasteiger partial charge in [0.05, 0.1) is 5.56 Å². The van der Waals surface area contributed by atoms with Gasteiger partial charge in [0.2, 0.25) is 5.91 Å². The Balaban J connectivity index is 3.20. The lowest BCUT2D eigenvalue weighted by atomic mass is 9.87. The fraction of sp³-hybridized carbons (Fsp3) is 0.364. The second kappa shape index (κ2) is 3.73. The zero-order valence-corrected chi connectivity index (χ0v) is 10.2. The van der Waals surface area contributed by atoms with E-state index >= 15 is 0 Å². The second-order valence-corrected chi connectivity index (χ2v) is 5.16. The molecule has 1 amide bonds. The monoisotopic (exact) mass is 255 g/mol. The van der Waals surface area contributed by atoms with Crippen molar-refractivity contribution in [2.24, 2.45) is 5.73 Å². The van der Waals surface area contributed by atoms with Gasteiger partial charge < -0.3 is 5.73 Å². The lowest BCUT2D eigenvalue weighted by Crippen LogP contribution is -2.15. The Morgan fingerprint density at radius 3 is 2.29 bits per heavy atom. The van der Waals surface area contributed by atoms with Crippen molar-refractivity contribution >= 4 is 21.8 Å². The molecule has 0 atom stereocenters. The number of hydrogen-bond acceptors (Lipinski definition) is 1. The van der Waals surface area contributed by atoms with Gasteiger partial charge in [-0.05, 0) is 39.0 Å². The van der Waals surface area contributed by atoms with Crippen molar-refractivity contribution in [3.63, 3.8) is 0 Å². The predicted octanol–water partition coefficient (Wildman–Crippen LogP) is 2.85. The van der Waals surface area contributed by atoms with Crippen LogP contribution in [-0.4, -0.2) is 5.91 Å². The topological polar surface area (TPSA) is 43.1 Å². The predicted molar refractivity (Wildman–Crippen MR) is 61.4 cm³/mol. The zero-order chi connectivity index (χ0) is 10.9. The smallest absolute Gasteiger partial charge is 0.249 e. The van der Waals surface area contributed by atoms with E-state index in [1.54, 1.807) is 6.07 Å². The van der Waals surface area contributed by atoms with E-state index in [-0.39, 0.29) is 5.41 Å². The Labute approximate surface area is 92.6 Å². The first-order chi connectivity index (χ1) is 6.32. The van der Waals surface area contributed by atoms with Crippen LogP contribution < -0.4 is 5.73 Å². The first kappa shape index (κ1) is 11.2. The van der Waals surface area contributed by atoms with Gasteiger partial charge in [0.1, 0.15) is 0 Å². The van der Waals surface area contributed by atoms with Crippen molar-refractivity contribution in [2.75, 3.05) is 0 Å². The number of hydrogen-bond donors (Lipinski definition) is 1. The molecule has 0 bridgehead atoms. The molecular weight excluding hydrogens is 242 g/mol. The number of carbonyl (C=O) groups excluding carboxylic acids is 1. The first-order valence-corrected chi connectivity index (χ1v) is 5.21. The Kier molecular flexibility index (Phi) is 3.00. The van der Waals surface area contributed by atoms with Crippen molar-refractivity contribution < 1.29 is 4.79 Å². The van der Waals surface area contributed by atoms with Crippen LogP contribution >= 0.6 is 15.9 Å². The molecule has 2 nitrogen and oxygen atoms in total. The first-order valence-electron chi connectivity index (χ1n) is 4.42. The van der Waals surface area contributed by atoms with Crippen molar-refractivity contribution in [3.05, 3.63) is 33.8 Å². The molecule has 0 aliphatic carbocycles. The van der Waals surface area contributed by atoms with Crippen LogP contribution in [0.5, 0.6) is 0 Å². The third-order valence-electron chi connectivity index (χ3n) is 2.10. The van der Waals surface area contributed by atoms with Gasteiger partial charge >= 0.3 is 0 Å². The second-order valence-electron chi connectivity index (χ2n) is 4.31. The van der Waals surface area contributed by atoms with Gasteiger partial charge in [0.15, 0.2) is 0 Å². The Morgan fingerprint density at radius 1 is 1.36 bits per heavy atom. The van der Waals surface area contributed by atoms with Crippen LogP contribution in [0.25, 0.3) is 0 Å². The average Bonchev–Trinajstić information content (AvgIpc) is 2.01. The maximum atomic E-state index is 11.0. The van der Waals surface area contributed by atoms with Gasteiger partial charge in [0, 0.05) is 4.47 Å². The third-order valence-corrected chi connectivity index (χ3v) is 2.76. The van der Waals surface area contributed by atoms with Gasteiger partial charge in [-0.3, -0.25) is 4.79 Å². The highest BCUT2D eigenvalue weighted by atomic mass is 79.9. The molecule has 0 saturated heterocycles. The maximum absolute atomic E-state index is 11.0. The summed E-state index contributed by atoms with van der Waals surface area (Å²) in [4.78, 5) is 11.0. The summed E-state index contributed by atoms with van der Waals surface area (Å²) in [6.07, 6.45) is 0. The van der Waals surface area contributed by atoms with Crippen LogP contribution in [0.15, 0.2) is 22.7 Å². The molecule has 0 saturated carbocycles. The molecule has 0 radical (unpaired) electrons. The highest BCUT2D eigenvalue weighted by Crippen LogP contribution is 2.27. The van der Waals surface area contributed by atoms with Crippen molar-refractivity contribution in [1.82, 2.24) is 0 Å². The number of primary amides is 1. The summed E-state index contributed by atoms with van der Waals surface area (Å²) in [5.41, 5.74) is 6.99. The maximum Gasteiger partial charge on any atom is 0.249 e. The molecule has 14 heavy (non-hydrogen) atoms. The molecule has 0 aliphatic heterocycles. The summed E-state index contributed by atoms with van der Waals surface area (Å²) in [6, 6.07) is 5.64. The van der Waals surface area contributed by atoms with Crippen LogP contribution in [0.2, 0.25) is 0 Å². The lowest BCUT2D eigenvalue weighted by Gasteiger charge is -2.19. The minimum Gasteiger partial charge on any atom is -0.366 e. The van der Waals surface area contributed by atoms with Crippen LogP contribution in [0.3, 0.4) is 0 Å². The molecule has 0 unspecified atom stereocenters. The SMILES string of the molecule is CC(C)(C)c1ccc(C(N)=O)c(Br)c1. The molecule has 2 N–H and O–H groups in total. The van der Waals surface area contributed by atoms with Crippen LogP contribution in [-0.2, 0) is 5.41 Å². The van der Waals surface area contributed by atoms with Gasteiger partial charge in [0.25, 0.3) is 0 Å². The summed E-state index contributed by atoms with van der Waals surface area (Å²) in [6.45, 7) is 6.37. The molecule has 1 aromatic rings. The largest absolute Gasteiger partial charge is 0.366 e. The van der Waals surface area contributed by atoms with E-state index < -0.39 is 5.91 Å². The number of rotatable bonds is 1. The Morgan fingerprint density at radius 2 is 1.93 bits per heavy atom. The van der Waals surface area contributed by atoms with Crippen LogP contribution in [0.4, 0.5) is 0 Å². The highest BCUT2D eigenvalue weighted by Gasteiger charge is 2.15. The quantitative estimate of drug-likeness (QED) is 0.824. The molecular formula is C11H14BrNO. The number of nitrogens with two attached hydrogens (primary N) is 1. The minimum absolute atomic E-state index is 0.0820. The fourth-order valence-corrected chi connectivity index (χ4v) is 1.76. The Hall–Kier alpha value is -0.830. The minimum atomic E-state index is -0.405. The van der Waals surface area contributed by atoms with Crippen molar-refractivity contribution in [1.29, 1.82) is 0 Å². The van der Waals surface area contributed by atoms with Crippen LogP contribution in [0, 0.1) is 0 Å². The summed E-state index contributed by atoms with van der Waals surface area (Å²) in [5.74, 6) is -0.405. The molecule has 0 spiro atoms. The third kappa shape index (κ3) is 2.35. The van der Waals surface area contributed by atoms with E-state index in [1.807, 2.05) is 12.1 Å². The van der Waals surface area contributed by atoms with Gasteiger partial charge in [-0.2, -0.15) is 0 Å². The normalized spacial score (nSPS) is 11.4. The molecule has 0 fully saturated rings. The molecule has 0 aromatic heterocycles. The summed E-state index contributed by atoms with van der Waals surface area (Å²) >= 11 is 3.34. The molecule has 1 aromatic carbocycles.